The number of imide groups is 1. The lowest BCUT2D eigenvalue weighted by atomic mass is 10.00. The second-order valence-corrected chi connectivity index (χ2v) is 5.09. The zero-order chi connectivity index (χ0) is 16.3. The van der Waals surface area contributed by atoms with Crippen LogP contribution in [0.4, 0.5) is 4.79 Å². The minimum Gasteiger partial charge on any atom is -0.497 e. The molecule has 0 bridgehead atoms. The van der Waals surface area contributed by atoms with Gasteiger partial charge in [-0.1, -0.05) is 6.92 Å². The number of methoxy groups -OCH3 is 2. The number of nitrogens with zero attached hydrogens (tertiary/aromatic N) is 2. The first kappa shape index (κ1) is 15.8. The second kappa shape index (κ2) is 6.05. The predicted octanol–water partition coefficient (Wildman–Crippen LogP) is 1.76. The van der Waals surface area contributed by atoms with Crippen LogP contribution in [0.25, 0.3) is 0 Å². The van der Waals surface area contributed by atoms with Crippen molar-refractivity contribution in [3.8, 4) is 11.5 Å². The summed E-state index contributed by atoms with van der Waals surface area (Å²) in [5, 5.41) is 7.46. The fourth-order valence-corrected chi connectivity index (χ4v) is 2.06. The van der Waals surface area contributed by atoms with Gasteiger partial charge in [-0.2, -0.15) is 5.10 Å². The molecule has 0 spiro atoms. The van der Waals surface area contributed by atoms with Crippen LogP contribution in [-0.2, 0) is 4.79 Å². The SMILES string of the molecule is CC[C@]1(C)NC(=O)N(/N=C\c2ccc(OC)cc2OC)C1=O. The zero-order valence-electron chi connectivity index (χ0n) is 13.0. The smallest absolute Gasteiger partial charge is 0.346 e. The van der Waals surface area contributed by atoms with Gasteiger partial charge in [0.15, 0.2) is 0 Å². The highest BCUT2D eigenvalue weighted by Gasteiger charge is 2.46. The summed E-state index contributed by atoms with van der Waals surface area (Å²) in [5.74, 6) is 0.805. The van der Waals surface area contributed by atoms with Gasteiger partial charge in [-0.3, -0.25) is 4.79 Å². The highest BCUT2D eigenvalue weighted by molar-refractivity contribution is 6.07. The maximum Gasteiger partial charge on any atom is 0.346 e. The lowest BCUT2D eigenvalue weighted by Gasteiger charge is -2.17. The van der Waals surface area contributed by atoms with E-state index >= 15 is 0 Å². The van der Waals surface area contributed by atoms with Crippen molar-refractivity contribution in [3.05, 3.63) is 23.8 Å². The van der Waals surface area contributed by atoms with Gasteiger partial charge < -0.3 is 14.8 Å². The number of benzene rings is 1. The highest BCUT2D eigenvalue weighted by Crippen LogP contribution is 2.24. The minimum atomic E-state index is -0.904. The second-order valence-electron chi connectivity index (χ2n) is 5.09. The molecular formula is C15H19N3O4. The maximum atomic E-state index is 12.2. The van der Waals surface area contributed by atoms with E-state index in [0.717, 1.165) is 5.01 Å². The van der Waals surface area contributed by atoms with Crippen molar-refractivity contribution in [1.82, 2.24) is 10.3 Å². The van der Waals surface area contributed by atoms with Gasteiger partial charge in [-0.05, 0) is 25.5 Å². The van der Waals surface area contributed by atoms with Crippen LogP contribution in [0.2, 0.25) is 0 Å². The van der Waals surface area contributed by atoms with E-state index in [-0.39, 0.29) is 5.91 Å². The third-order valence-electron chi connectivity index (χ3n) is 3.70. The lowest BCUT2D eigenvalue weighted by molar-refractivity contribution is -0.130. The van der Waals surface area contributed by atoms with Crippen molar-refractivity contribution < 1.29 is 19.1 Å². The Morgan fingerprint density at radius 1 is 1.32 bits per heavy atom. The van der Waals surface area contributed by atoms with Crippen LogP contribution in [0.5, 0.6) is 11.5 Å². The number of amides is 3. The van der Waals surface area contributed by atoms with Crippen LogP contribution in [-0.4, -0.2) is 42.9 Å². The summed E-state index contributed by atoms with van der Waals surface area (Å²) < 4.78 is 10.4. The molecule has 1 aliphatic heterocycles. The molecule has 0 aromatic heterocycles. The number of hydrazone groups is 1. The van der Waals surface area contributed by atoms with Crippen LogP contribution < -0.4 is 14.8 Å². The van der Waals surface area contributed by atoms with Crippen molar-refractivity contribution in [2.24, 2.45) is 5.10 Å². The molecule has 0 unspecified atom stereocenters. The standard InChI is InChI=1S/C15H19N3O4/c1-5-15(2)13(19)18(14(20)17-15)16-9-10-6-7-11(21-3)8-12(10)22-4/h6-9H,5H2,1-4H3,(H,17,20)/b16-9-/t15-/m0/s1. The molecule has 22 heavy (non-hydrogen) atoms. The van der Waals surface area contributed by atoms with Crippen molar-refractivity contribution in [3.63, 3.8) is 0 Å². The lowest BCUT2D eigenvalue weighted by Crippen LogP contribution is -2.42. The van der Waals surface area contributed by atoms with Gasteiger partial charge in [-0.25, -0.2) is 4.79 Å². The average Bonchev–Trinajstić information content (AvgIpc) is 2.75. The number of carbonyl (C=O) groups excluding carboxylic acids is 2. The molecule has 0 saturated carbocycles. The summed E-state index contributed by atoms with van der Waals surface area (Å²) in [6.45, 7) is 3.51. The van der Waals surface area contributed by atoms with Crippen LogP contribution in [0.3, 0.4) is 0 Å². The van der Waals surface area contributed by atoms with Crippen LogP contribution in [0, 0.1) is 0 Å². The van der Waals surface area contributed by atoms with E-state index in [1.807, 2.05) is 6.92 Å². The Morgan fingerprint density at radius 3 is 2.59 bits per heavy atom. The summed E-state index contributed by atoms with van der Waals surface area (Å²) in [4.78, 5) is 24.1. The molecule has 1 aromatic carbocycles. The van der Waals surface area contributed by atoms with Crippen LogP contribution in [0.15, 0.2) is 23.3 Å². The van der Waals surface area contributed by atoms with Gasteiger partial charge in [0.2, 0.25) is 0 Å². The van der Waals surface area contributed by atoms with Crippen molar-refractivity contribution in [2.45, 2.75) is 25.8 Å². The van der Waals surface area contributed by atoms with E-state index in [2.05, 4.69) is 10.4 Å². The predicted molar refractivity (Wildman–Crippen MR) is 81.2 cm³/mol. The molecule has 1 N–H and O–H groups in total. The molecule has 1 atom stereocenters. The maximum absolute atomic E-state index is 12.2. The molecule has 0 radical (unpaired) electrons. The van der Waals surface area contributed by atoms with E-state index in [1.165, 1.54) is 13.3 Å². The van der Waals surface area contributed by atoms with E-state index in [1.54, 1.807) is 32.2 Å². The number of carbonyl (C=O) groups is 2. The third kappa shape index (κ3) is 2.74. The number of ether oxygens (including phenoxy) is 2. The number of hydrogen-bond acceptors (Lipinski definition) is 5. The molecule has 1 aromatic rings. The third-order valence-corrected chi connectivity index (χ3v) is 3.70. The van der Waals surface area contributed by atoms with Crippen LogP contribution >= 0.6 is 0 Å². The summed E-state index contributed by atoms with van der Waals surface area (Å²) >= 11 is 0. The monoisotopic (exact) mass is 305 g/mol. The molecule has 7 heteroatoms. The van der Waals surface area contributed by atoms with Crippen LogP contribution in [0.1, 0.15) is 25.8 Å². The molecule has 2 rings (SSSR count). The fraction of sp³-hybridized carbons (Fsp3) is 0.400. The molecule has 118 valence electrons. The quantitative estimate of drug-likeness (QED) is 0.664. The average molecular weight is 305 g/mol. The number of urea groups is 1. The van der Waals surface area contributed by atoms with Crippen molar-refractivity contribution in [1.29, 1.82) is 0 Å². The summed E-state index contributed by atoms with van der Waals surface area (Å²) in [6, 6.07) is 4.64. The first-order valence-corrected chi connectivity index (χ1v) is 6.88. The number of nitrogens with one attached hydrogen (secondary N) is 1. The highest BCUT2D eigenvalue weighted by atomic mass is 16.5. The van der Waals surface area contributed by atoms with Gasteiger partial charge in [0, 0.05) is 11.6 Å². The molecule has 1 saturated heterocycles. The first-order chi connectivity index (χ1) is 10.4. The molecule has 3 amide bonds. The van der Waals surface area contributed by atoms with E-state index in [9.17, 15) is 9.59 Å². The molecule has 1 fully saturated rings. The Hall–Kier alpha value is -2.57. The number of rotatable bonds is 5. The largest absolute Gasteiger partial charge is 0.497 e. The topological polar surface area (TPSA) is 80.2 Å². The van der Waals surface area contributed by atoms with Crippen molar-refractivity contribution in [2.75, 3.05) is 14.2 Å². The number of hydrogen-bond donors (Lipinski definition) is 1. The zero-order valence-corrected chi connectivity index (χ0v) is 13.0. The summed E-state index contributed by atoms with van der Waals surface area (Å²) in [5.41, 5.74) is -0.271. The van der Waals surface area contributed by atoms with Gasteiger partial charge in [-0.15, -0.1) is 5.01 Å². The Morgan fingerprint density at radius 2 is 2.05 bits per heavy atom. The minimum absolute atomic E-state index is 0.372. The molecule has 0 aliphatic carbocycles. The van der Waals surface area contributed by atoms with Gasteiger partial charge >= 0.3 is 6.03 Å². The van der Waals surface area contributed by atoms with E-state index in [0.29, 0.717) is 23.5 Å². The van der Waals surface area contributed by atoms with Gasteiger partial charge in [0.1, 0.15) is 17.0 Å². The normalized spacial score (nSPS) is 21.4. The Balaban J connectivity index is 2.26. The molecule has 1 heterocycles. The summed E-state index contributed by atoms with van der Waals surface area (Å²) in [6.07, 6.45) is 1.91. The molecular weight excluding hydrogens is 286 g/mol. The molecule has 1 aliphatic rings. The Labute approximate surface area is 128 Å². The molecule has 7 nitrogen and oxygen atoms in total. The van der Waals surface area contributed by atoms with E-state index < -0.39 is 11.6 Å². The van der Waals surface area contributed by atoms with Gasteiger partial charge in [0.25, 0.3) is 5.91 Å². The fourth-order valence-electron chi connectivity index (χ4n) is 2.06. The first-order valence-electron chi connectivity index (χ1n) is 6.88. The van der Waals surface area contributed by atoms with E-state index in [4.69, 9.17) is 9.47 Å². The summed E-state index contributed by atoms with van der Waals surface area (Å²) in [7, 11) is 3.08. The van der Waals surface area contributed by atoms with Gasteiger partial charge in [0.05, 0.1) is 20.4 Å². The van der Waals surface area contributed by atoms with Crippen molar-refractivity contribution >= 4 is 18.2 Å². The Kier molecular flexibility index (Phi) is 4.35. The Bertz CT molecular complexity index is 629.